The van der Waals surface area contributed by atoms with E-state index in [1.165, 1.54) is 36.8 Å². The second-order valence-corrected chi connectivity index (χ2v) is 8.96. The fourth-order valence-electron chi connectivity index (χ4n) is 4.52. The monoisotopic (exact) mass is 424 g/mol. The van der Waals surface area contributed by atoms with Crippen molar-refractivity contribution in [3.05, 3.63) is 53.1 Å². The number of aryl methyl sites for hydroxylation is 2. The molecule has 31 heavy (non-hydrogen) atoms. The van der Waals surface area contributed by atoms with Gasteiger partial charge < -0.3 is 19.3 Å². The van der Waals surface area contributed by atoms with Crippen LogP contribution in [0.4, 0.5) is 0 Å². The summed E-state index contributed by atoms with van der Waals surface area (Å²) >= 11 is 0. The van der Waals surface area contributed by atoms with E-state index in [1.807, 2.05) is 12.1 Å². The van der Waals surface area contributed by atoms with E-state index in [-0.39, 0.29) is 0 Å². The maximum Gasteiger partial charge on any atom is 0.347 e. The quantitative estimate of drug-likeness (QED) is 0.553. The third-order valence-electron chi connectivity index (χ3n) is 6.54. The van der Waals surface area contributed by atoms with E-state index < -0.39 is 11.6 Å². The number of rotatable bonds is 8. The molecule has 5 nitrogen and oxygen atoms in total. The van der Waals surface area contributed by atoms with Gasteiger partial charge in [-0.05, 0) is 67.9 Å². The molecular weight excluding hydrogens is 392 g/mol. The Bertz CT molecular complexity index is 931. The topological polar surface area (TPSA) is 65.0 Å². The van der Waals surface area contributed by atoms with Crippen molar-refractivity contribution in [2.24, 2.45) is 0 Å². The molecule has 2 aromatic carbocycles. The highest BCUT2D eigenvalue weighted by Gasteiger charge is 2.39. The van der Waals surface area contributed by atoms with Gasteiger partial charge in [0.15, 0.2) is 0 Å². The van der Waals surface area contributed by atoms with Crippen molar-refractivity contribution < 1.29 is 24.1 Å². The Labute approximate surface area is 184 Å². The zero-order valence-corrected chi connectivity index (χ0v) is 18.5. The fraction of sp³-hybridized carbons (Fsp3) is 0.500. The summed E-state index contributed by atoms with van der Waals surface area (Å²) in [5.41, 5.74) is 2.48. The molecule has 1 aliphatic heterocycles. The first-order chi connectivity index (χ1) is 14.9. The smallest absolute Gasteiger partial charge is 0.347 e. The van der Waals surface area contributed by atoms with Crippen LogP contribution < -0.4 is 14.2 Å². The number of ether oxygens (including phenoxy) is 3. The summed E-state index contributed by atoms with van der Waals surface area (Å²) in [6, 6.07) is 12.3. The van der Waals surface area contributed by atoms with Crippen LogP contribution in [0.3, 0.4) is 0 Å². The lowest BCUT2D eigenvalue weighted by molar-refractivity contribution is -0.155. The van der Waals surface area contributed by atoms with E-state index in [9.17, 15) is 9.90 Å². The lowest BCUT2D eigenvalue weighted by Gasteiger charge is -2.32. The zero-order chi connectivity index (χ0) is 21.8. The number of hydrogen-bond acceptors (Lipinski definition) is 4. The van der Waals surface area contributed by atoms with E-state index >= 15 is 0 Å². The molecule has 1 atom stereocenters. The van der Waals surface area contributed by atoms with Crippen molar-refractivity contribution in [1.29, 1.82) is 0 Å². The first kappa shape index (κ1) is 21.5. The first-order valence-electron chi connectivity index (χ1n) is 11.4. The molecular formula is C26H32O5. The predicted octanol–water partition coefficient (Wildman–Crippen LogP) is 5.67. The van der Waals surface area contributed by atoms with Crippen LogP contribution in [0.1, 0.15) is 68.1 Å². The molecule has 2 aromatic rings. The van der Waals surface area contributed by atoms with Crippen molar-refractivity contribution >= 4 is 5.97 Å². The Hall–Kier alpha value is -2.69. The lowest BCUT2D eigenvalue weighted by Crippen LogP contribution is -2.44. The largest absolute Gasteiger partial charge is 0.493 e. The summed E-state index contributed by atoms with van der Waals surface area (Å²) in [5, 5.41) is 9.41. The SMILES string of the molecule is Cc1cc(C2CCCC2)ccc1OCCCOc1ccc2c(c1)O[C@@](C)(C(=O)O)CC2. The number of carboxylic acid groups (broad SMARTS) is 1. The summed E-state index contributed by atoms with van der Waals surface area (Å²) in [4.78, 5) is 11.5. The maximum atomic E-state index is 11.5. The highest BCUT2D eigenvalue weighted by molar-refractivity contribution is 5.78. The molecule has 2 aliphatic rings. The van der Waals surface area contributed by atoms with Crippen LogP contribution in [-0.4, -0.2) is 29.9 Å². The highest BCUT2D eigenvalue weighted by Crippen LogP contribution is 2.37. The van der Waals surface area contributed by atoms with Crippen molar-refractivity contribution in [2.45, 2.75) is 70.3 Å². The average Bonchev–Trinajstić information content (AvgIpc) is 3.29. The van der Waals surface area contributed by atoms with Gasteiger partial charge in [-0.15, -0.1) is 0 Å². The molecule has 1 N–H and O–H groups in total. The number of carboxylic acids is 1. The maximum absolute atomic E-state index is 11.5. The molecule has 1 fully saturated rings. The molecule has 0 radical (unpaired) electrons. The minimum absolute atomic E-state index is 0.466. The highest BCUT2D eigenvalue weighted by atomic mass is 16.5. The van der Waals surface area contributed by atoms with Gasteiger partial charge >= 0.3 is 5.97 Å². The van der Waals surface area contributed by atoms with Crippen LogP contribution >= 0.6 is 0 Å². The Kier molecular flexibility index (Phi) is 6.40. The van der Waals surface area contributed by atoms with Crippen molar-refractivity contribution in [3.8, 4) is 17.2 Å². The van der Waals surface area contributed by atoms with Crippen LogP contribution in [0.2, 0.25) is 0 Å². The van der Waals surface area contributed by atoms with Crippen LogP contribution in [-0.2, 0) is 11.2 Å². The van der Waals surface area contributed by atoms with Gasteiger partial charge in [-0.2, -0.15) is 0 Å². The molecule has 0 spiro atoms. The molecule has 1 saturated carbocycles. The summed E-state index contributed by atoms with van der Waals surface area (Å²) in [5.74, 6) is 2.01. The molecule has 0 saturated heterocycles. The number of fused-ring (bicyclic) bond motifs is 1. The standard InChI is InChI=1S/C26H32O5/c1-18-16-21(19-6-3-4-7-19)9-11-23(18)30-15-5-14-29-22-10-8-20-12-13-26(2,25(27)28)31-24(20)17-22/h8-11,16-17,19H,3-7,12-15H2,1-2H3,(H,27,28)/t26-/m1/s1. The van der Waals surface area contributed by atoms with E-state index in [2.05, 4.69) is 25.1 Å². The molecule has 0 unspecified atom stereocenters. The third-order valence-corrected chi connectivity index (χ3v) is 6.54. The first-order valence-corrected chi connectivity index (χ1v) is 11.4. The zero-order valence-electron chi connectivity index (χ0n) is 18.5. The van der Waals surface area contributed by atoms with E-state index in [0.717, 1.165) is 23.7 Å². The number of hydrogen-bond donors (Lipinski definition) is 1. The van der Waals surface area contributed by atoms with Crippen LogP contribution in [0.25, 0.3) is 0 Å². The van der Waals surface area contributed by atoms with Gasteiger partial charge in [0.05, 0.1) is 13.2 Å². The van der Waals surface area contributed by atoms with Gasteiger partial charge in [0.25, 0.3) is 0 Å². The predicted molar refractivity (Wildman–Crippen MR) is 119 cm³/mol. The molecule has 0 amide bonds. The van der Waals surface area contributed by atoms with Gasteiger partial charge in [0.1, 0.15) is 17.2 Å². The van der Waals surface area contributed by atoms with Crippen LogP contribution in [0, 0.1) is 6.92 Å². The third kappa shape index (κ3) is 4.97. The van der Waals surface area contributed by atoms with Gasteiger partial charge in [0.2, 0.25) is 5.60 Å². The Morgan fingerprint density at radius 3 is 2.65 bits per heavy atom. The Morgan fingerprint density at radius 1 is 1.13 bits per heavy atom. The lowest BCUT2D eigenvalue weighted by atomic mass is 9.93. The average molecular weight is 425 g/mol. The summed E-state index contributed by atoms with van der Waals surface area (Å²) in [6.45, 7) is 4.84. The van der Waals surface area contributed by atoms with Crippen molar-refractivity contribution in [3.63, 3.8) is 0 Å². The summed E-state index contributed by atoms with van der Waals surface area (Å²) in [7, 11) is 0. The van der Waals surface area contributed by atoms with Crippen LogP contribution in [0.5, 0.6) is 17.2 Å². The molecule has 0 bridgehead atoms. The van der Waals surface area contributed by atoms with Gasteiger partial charge in [-0.3, -0.25) is 0 Å². The van der Waals surface area contributed by atoms with Crippen molar-refractivity contribution in [2.75, 3.05) is 13.2 Å². The molecule has 1 heterocycles. The van der Waals surface area contributed by atoms with Gasteiger partial charge in [-0.1, -0.05) is 31.0 Å². The molecule has 4 rings (SSSR count). The minimum atomic E-state index is -1.18. The normalized spacial score (nSPS) is 20.7. The molecule has 0 aromatic heterocycles. The van der Waals surface area contributed by atoms with Gasteiger partial charge in [-0.25, -0.2) is 4.79 Å². The second kappa shape index (κ2) is 9.21. The number of benzene rings is 2. The molecule has 1 aliphatic carbocycles. The minimum Gasteiger partial charge on any atom is -0.493 e. The van der Waals surface area contributed by atoms with E-state index in [1.54, 1.807) is 13.0 Å². The molecule has 166 valence electrons. The van der Waals surface area contributed by atoms with Gasteiger partial charge in [0, 0.05) is 18.9 Å². The summed E-state index contributed by atoms with van der Waals surface area (Å²) < 4.78 is 17.6. The van der Waals surface area contributed by atoms with E-state index in [0.29, 0.717) is 37.6 Å². The van der Waals surface area contributed by atoms with E-state index in [4.69, 9.17) is 14.2 Å². The molecule has 5 heteroatoms. The van der Waals surface area contributed by atoms with Crippen molar-refractivity contribution in [1.82, 2.24) is 0 Å². The fourth-order valence-corrected chi connectivity index (χ4v) is 4.52. The number of carbonyl (C=O) groups is 1. The second-order valence-electron chi connectivity index (χ2n) is 8.96. The Balaban J connectivity index is 1.25. The van der Waals surface area contributed by atoms with Crippen LogP contribution in [0.15, 0.2) is 36.4 Å². The number of aliphatic carboxylic acids is 1. The Morgan fingerprint density at radius 2 is 1.90 bits per heavy atom. The summed E-state index contributed by atoms with van der Waals surface area (Å²) in [6.07, 6.45) is 7.21.